The number of nitrogens with zero attached hydrogens (tertiary/aromatic N) is 2. The van der Waals surface area contributed by atoms with E-state index in [4.69, 9.17) is 21.3 Å². The number of hydrogen-bond donors (Lipinski definition) is 0. The van der Waals surface area contributed by atoms with Crippen molar-refractivity contribution in [2.75, 3.05) is 6.61 Å². The molecule has 4 rings (SSSR count). The van der Waals surface area contributed by atoms with Crippen molar-refractivity contribution in [2.24, 2.45) is 0 Å². The highest BCUT2D eigenvalue weighted by Gasteiger charge is 2.08. The Labute approximate surface area is 189 Å². The Kier molecular flexibility index (Phi) is 6.73. The summed E-state index contributed by atoms with van der Waals surface area (Å²) in [5.41, 5.74) is 5.69. The Morgan fingerprint density at radius 1 is 0.935 bits per heavy atom. The molecular formula is C27H27ClN2O. The van der Waals surface area contributed by atoms with Gasteiger partial charge in [-0.3, -0.25) is 0 Å². The summed E-state index contributed by atoms with van der Waals surface area (Å²) >= 11 is 5.99. The lowest BCUT2D eigenvalue weighted by atomic mass is 10.1. The second-order valence-corrected chi connectivity index (χ2v) is 8.26. The zero-order chi connectivity index (χ0) is 21.6. The van der Waals surface area contributed by atoms with Gasteiger partial charge in [-0.15, -0.1) is 0 Å². The molecule has 0 atom stereocenters. The molecule has 0 aliphatic rings. The lowest BCUT2D eigenvalue weighted by Gasteiger charge is -2.11. The minimum Gasteiger partial charge on any atom is -0.493 e. The normalized spacial score (nSPS) is 11.5. The predicted molar refractivity (Wildman–Crippen MR) is 131 cm³/mol. The van der Waals surface area contributed by atoms with Crippen LogP contribution in [0, 0.1) is 13.8 Å². The summed E-state index contributed by atoms with van der Waals surface area (Å²) < 4.78 is 8.31. The number of unbranched alkanes of at least 4 members (excludes halogenated alkanes) is 1. The summed E-state index contributed by atoms with van der Waals surface area (Å²) in [7, 11) is 0. The monoisotopic (exact) mass is 430 g/mol. The highest BCUT2D eigenvalue weighted by Crippen LogP contribution is 2.21. The minimum atomic E-state index is 0.715. The molecule has 0 radical (unpaired) electrons. The summed E-state index contributed by atoms with van der Waals surface area (Å²) in [4.78, 5) is 4.83. The van der Waals surface area contributed by atoms with Crippen LogP contribution in [0.5, 0.6) is 5.75 Å². The van der Waals surface area contributed by atoms with Gasteiger partial charge in [-0.1, -0.05) is 54.1 Å². The first-order chi connectivity index (χ1) is 15.1. The molecule has 158 valence electrons. The lowest BCUT2D eigenvalue weighted by Crippen LogP contribution is -2.04. The van der Waals surface area contributed by atoms with Crippen molar-refractivity contribution in [3.63, 3.8) is 0 Å². The van der Waals surface area contributed by atoms with Crippen LogP contribution in [0.15, 0.2) is 66.7 Å². The van der Waals surface area contributed by atoms with Gasteiger partial charge in [-0.25, -0.2) is 4.98 Å². The maximum atomic E-state index is 6.02. The molecule has 0 unspecified atom stereocenters. The van der Waals surface area contributed by atoms with Crippen molar-refractivity contribution in [1.29, 1.82) is 0 Å². The first-order valence-electron chi connectivity index (χ1n) is 10.7. The molecule has 0 spiro atoms. The zero-order valence-electron chi connectivity index (χ0n) is 18.0. The third-order valence-corrected chi connectivity index (χ3v) is 5.61. The van der Waals surface area contributed by atoms with Crippen molar-refractivity contribution in [3.8, 4) is 5.75 Å². The Morgan fingerprint density at radius 2 is 1.74 bits per heavy atom. The van der Waals surface area contributed by atoms with Crippen LogP contribution in [0.1, 0.15) is 35.4 Å². The molecule has 0 aliphatic carbocycles. The first kappa shape index (κ1) is 21.2. The second kappa shape index (κ2) is 9.84. The van der Waals surface area contributed by atoms with E-state index >= 15 is 0 Å². The maximum absolute atomic E-state index is 6.02. The SMILES string of the molecule is Cc1ccc(C)c(OCCCCn2c(/C=C/c3ccc(Cl)cc3)nc3ccccc32)c1. The number of aromatic nitrogens is 2. The number of fused-ring (bicyclic) bond motifs is 1. The molecule has 3 nitrogen and oxygen atoms in total. The fourth-order valence-electron chi connectivity index (χ4n) is 3.62. The topological polar surface area (TPSA) is 27.1 Å². The van der Waals surface area contributed by atoms with Crippen LogP contribution in [0.25, 0.3) is 23.2 Å². The molecule has 0 saturated heterocycles. The molecule has 0 saturated carbocycles. The van der Waals surface area contributed by atoms with Crippen LogP contribution in [0.2, 0.25) is 5.02 Å². The third-order valence-electron chi connectivity index (χ3n) is 5.36. The average molecular weight is 431 g/mol. The molecule has 0 aliphatic heterocycles. The first-order valence-corrected chi connectivity index (χ1v) is 11.1. The lowest BCUT2D eigenvalue weighted by molar-refractivity contribution is 0.301. The van der Waals surface area contributed by atoms with E-state index in [0.717, 1.165) is 52.6 Å². The molecule has 3 aromatic carbocycles. The number of rotatable bonds is 8. The van der Waals surface area contributed by atoms with E-state index in [-0.39, 0.29) is 0 Å². The molecular weight excluding hydrogens is 404 g/mol. The van der Waals surface area contributed by atoms with Gasteiger partial charge in [0.25, 0.3) is 0 Å². The minimum absolute atomic E-state index is 0.715. The van der Waals surface area contributed by atoms with Gasteiger partial charge in [0.2, 0.25) is 0 Å². The van der Waals surface area contributed by atoms with E-state index in [0.29, 0.717) is 6.61 Å². The molecule has 31 heavy (non-hydrogen) atoms. The fourth-order valence-corrected chi connectivity index (χ4v) is 3.74. The van der Waals surface area contributed by atoms with Crippen LogP contribution in [-0.2, 0) is 6.54 Å². The summed E-state index contributed by atoms with van der Waals surface area (Å²) in [6.07, 6.45) is 6.17. The third kappa shape index (κ3) is 5.36. The van der Waals surface area contributed by atoms with Crippen molar-refractivity contribution in [3.05, 3.63) is 94.3 Å². The number of aryl methyl sites for hydroxylation is 3. The van der Waals surface area contributed by atoms with E-state index in [2.05, 4.69) is 67.0 Å². The van der Waals surface area contributed by atoms with Gasteiger partial charge < -0.3 is 9.30 Å². The smallest absolute Gasteiger partial charge is 0.133 e. The summed E-state index contributed by atoms with van der Waals surface area (Å²) in [6.45, 7) is 5.80. The van der Waals surface area contributed by atoms with E-state index in [1.807, 2.05) is 30.3 Å². The zero-order valence-corrected chi connectivity index (χ0v) is 18.8. The van der Waals surface area contributed by atoms with Crippen LogP contribution < -0.4 is 4.74 Å². The number of benzene rings is 3. The van der Waals surface area contributed by atoms with Gasteiger partial charge >= 0.3 is 0 Å². The summed E-state index contributed by atoms with van der Waals surface area (Å²) in [6, 6.07) is 22.5. The quantitative estimate of drug-likeness (QED) is 0.273. The fraction of sp³-hybridized carbons (Fsp3) is 0.222. The van der Waals surface area contributed by atoms with Crippen LogP contribution >= 0.6 is 11.6 Å². The van der Waals surface area contributed by atoms with Crippen LogP contribution in [0.4, 0.5) is 0 Å². The Hall–Kier alpha value is -3.04. The molecule has 0 N–H and O–H groups in total. The predicted octanol–water partition coefficient (Wildman–Crippen LogP) is 7.34. The molecule has 1 heterocycles. The molecule has 0 bridgehead atoms. The van der Waals surface area contributed by atoms with Gasteiger partial charge in [0.1, 0.15) is 11.6 Å². The van der Waals surface area contributed by atoms with Gasteiger partial charge in [-0.05, 0) is 79.8 Å². The van der Waals surface area contributed by atoms with Crippen molar-refractivity contribution >= 4 is 34.8 Å². The maximum Gasteiger partial charge on any atom is 0.133 e. The van der Waals surface area contributed by atoms with Crippen LogP contribution in [0.3, 0.4) is 0 Å². The Morgan fingerprint density at radius 3 is 2.58 bits per heavy atom. The van der Waals surface area contributed by atoms with E-state index < -0.39 is 0 Å². The van der Waals surface area contributed by atoms with Crippen molar-refractivity contribution < 1.29 is 4.74 Å². The van der Waals surface area contributed by atoms with Crippen LogP contribution in [-0.4, -0.2) is 16.2 Å². The number of para-hydroxylation sites is 2. The molecule has 4 heteroatoms. The highest BCUT2D eigenvalue weighted by atomic mass is 35.5. The Bertz CT molecular complexity index is 1190. The number of ether oxygens (including phenoxy) is 1. The van der Waals surface area contributed by atoms with Gasteiger partial charge in [0.15, 0.2) is 0 Å². The molecule has 0 amide bonds. The van der Waals surface area contributed by atoms with Crippen molar-refractivity contribution in [2.45, 2.75) is 33.2 Å². The number of hydrogen-bond acceptors (Lipinski definition) is 2. The highest BCUT2D eigenvalue weighted by molar-refractivity contribution is 6.30. The average Bonchev–Trinajstić information content (AvgIpc) is 3.13. The Balaban J connectivity index is 1.43. The largest absolute Gasteiger partial charge is 0.493 e. The van der Waals surface area contributed by atoms with E-state index in [1.165, 1.54) is 11.1 Å². The standard InChI is InChI=1S/C27H27ClN2O/c1-20-9-10-21(2)26(19-20)31-18-6-5-17-30-25-8-4-3-7-24(25)29-27(30)16-13-22-11-14-23(28)15-12-22/h3-4,7-16,19H,5-6,17-18H2,1-2H3/b16-13+. The van der Waals surface area contributed by atoms with Gasteiger partial charge in [0, 0.05) is 11.6 Å². The van der Waals surface area contributed by atoms with Gasteiger partial charge in [-0.2, -0.15) is 0 Å². The molecule has 1 aromatic heterocycles. The van der Waals surface area contributed by atoms with Gasteiger partial charge in [0.05, 0.1) is 17.6 Å². The van der Waals surface area contributed by atoms with E-state index in [9.17, 15) is 0 Å². The summed E-state index contributed by atoms with van der Waals surface area (Å²) in [5.74, 6) is 1.95. The number of halogens is 1. The summed E-state index contributed by atoms with van der Waals surface area (Å²) in [5, 5.41) is 0.743. The number of imidazole rings is 1. The second-order valence-electron chi connectivity index (χ2n) is 7.82. The molecule has 4 aromatic rings. The van der Waals surface area contributed by atoms with Crippen molar-refractivity contribution in [1.82, 2.24) is 9.55 Å². The molecule has 0 fully saturated rings. The van der Waals surface area contributed by atoms with E-state index in [1.54, 1.807) is 0 Å².